The highest BCUT2D eigenvalue weighted by atomic mass is 35.5. The zero-order chi connectivity index (χ0) is 20.3. The Morgan fingerprint density at radius 2 is 1.79 bits per heavy atom. The summed E-state index contributed by atoms with van der Waals surface area (Å²) in [5, 5.41) is 0.543. The molecule has 3 rings (SSSR count). The summed E-state index contributed by atoms with van der Waals surface area (Å²) in [6.45, 7) is 3.53. The monoisotopic (exact) mass is 399 g/mol. The van der Waals surface area contributed by atoms with E-state index in [2.05, 4.69) is 0 Å². The number of fused-ring (bicyclic) bond motifs is 1. The molecule has 0 saturated heterocycles. The first-order valence-corrected chi connectivity index (χ1v) is 9.64. The molecule has 1 amide bonds. The number of hydrogen-bond donors (Lipinski definition) is 0. The standard InChI is InChI=1S/C22H22ClNO4/c1-14-13-17-5-3-4-6-19(17)24(14)22(27)15(2)28-21(26)12-11-20(25)16-7-9-18(23)10-8-16/h3-10,14-15H,11-13H2,1-2H3/t14-,15+/m0/s1. The van der Waals surface area contributed by atoms with Crippen molar-refractivity contribution in [1.29, 1.82) is 0 Å². The van der Waals surface area contributed by atoms with Gasteiger partial charge in [0, 0.05) is 28.7 Å². The predicted octanol–water partition coefficient (Wildman–Crippen LogP) is 4.21. The van der Waals surface area contributed by atoms with Crippen LogP contribution in [0.5, 0.6) is 0 Å². The summed E-state index contributed by atoms with van der Waals surface area (Å²) < 4.78 is 5.29. The van der Waals surface area contributed by atoms with Crippen LogP contribution in [0, 0.1) is 0 Å². The van der Waals surface area contributed by atoms with E-state index in [1.165, 1.54) is 0 Å². The maximum Gasteiger partial charge on any atom is 0.307 e. The molecule has 0 fully saturated rings. The van der Waals surface area contributed by atoms with Crippen molar-refractivity contribution in [2.45, 2.75) is 45.3 Å². The van der Waals surface area contributed by atoms with Crippen molar-refractivity contribution >= 4 is 34.9 Å². The number of hydrogen-bond acceptors (Lipinski definition) is 4. The molecule has 28 heavy (non-hydrogen) atoms. The van der Waals surface area contributed by atoms with Crippen LogP contribution in [0.25, 0.3) is 0 Å². The van der Waals surface area contributed by atoms with Crippen LogP contribution in [-0.2, 0) is 20.7 Å². The summed E-state index contributed by atoms with van der Waals surface area (Å²) in [5.41, 5.74) is 2.46. The number of benzene rings is 2. The van der Waals surface area contributed by atoms with Crippen LogP contribution in [0.2, 0.25) is 5.02 Å². The molecule has 5 nitrogen and oxygen atoms in total. The number of Topliss-reactive ketones (excluding diaryl/α,β-unsaturated/α-hetero) is 1. The van der Waals surface area contributed by atoms with Gasteiger partial charge in [-0.2, -0.15) is 0 Å². The quantitative estimate of drug-likeness (QED) is 0.539. The van der Waals surface area contributed by atoms with Crippen LogP contribution >= 0.6 is 11.6 Å². The Labute approximate surface area is 169 Å². The molecule has 0 N–H and O–H groups in total. The molecule has 0 aromatic heterocycles. The van der Waals surface area contributed by atoms with Gasteiger partial charge in [0.15, 0.2) is 11.9 Å². The van der Waals surface area contributed by atoms with Crippen LogP contribution in [-0.4, -0.2) is 29.8 Å². The maximum atomic E-state index is 12.8. The van der Waals surface area contributed by atoms with Gasteiger partial charge in [-0.15, -0.1) is 0 Å². The number of anilines is 1. The van der Waals surface area contributed by atoms with E-state index >= 15 is 0 Å². The Kier molecular flexibility index (Phi) is 6.15. The van der Waals surface area contributed by atoms with Gasteiger partial charge in [0.05, 0.1) is 6.42 Å². The molecule has 1 aliphatic rings. The lowest BCUT2D eigenvalue weighted by atomic mass is 10.1. The summed E-state index contributed by atoms with van der Waals surface area (Å²) in [4.78, 5) is 38.8. The lowest BCUT2D eigenvalue weighted by molar-refractivity contribution is -0.153. The number of rotatable bonds is 6. The second kappa shape index (κ2) is 8.57. The molecular formula is C22H22ClNO4. The number of amides is 1. The van der Waals surface area contributed by atoms with Gasteiger partial charge in [-0.1, -0.05) is 29.8 Å². The van der Waals surface area contributed by atoms with Crippen LogP contribution in [0.1, 0.15) is 42.6 Å². The normalized spacial score (nSPS) is 16.4. The van der Waals surface area contributed by atoms with Crippen molar-refractivity contribution in [1.82, 2.24) is 0 Å². The fourth-order valence-corrected chi connectivity index (χ4v) is 3.53. The third kappa shape index (κ3) is 4.42. The molecule has 1 aliphatic heterocycles. The lowest BCUT2D eigenvalue weighted by Gasteiger charge is -2.25. The SMILES string of the molecule is C[C@@H](OC(=O)CCC(=O)c1ccc(Cl)cc1)C(=O)N1c2ccccc2C[C@@H]1C. The summed E-state index contributed by atoms with van der Waals surface area (Å²) in [6, 6.07) is 14.2. The van der Waals surface area contributed by atoms with E-state index in [9.17, 15) is 14.4 Å². The summed E-state index contributed by atoms with van der Waals surface area (Å²) in [7, 11) is 0. The van der Waals surface area contributed by atoms with E-state index in [1.54, 1.807) is 36.1 Å². The second-order valence-electron chi connectivity index (χ2n) is 6.95. The minimum absolute atomic E-state index is 0.0116. The van der Waals surface area contributed by atoms with Gasteiger partial charge in [-0.3, -0.25) is 14.4 Å². The van der Waals surface area contributed by atoms with E-state index in [0.717, 1.165) is 17.7 Å². The topological polar surface area (TPSA) is 63.7 Å². The molecule has 2 aromatic rings. The summed E-state index contributed by atoms with van der Waals surface area (Å²) >= 11 is 5.81. The van der Waals surface area contributed by atoms with Crippen molar-refractivity contribution in [2.75, 3.05) is 4.90 Å². The van der Waals surface area contributed by atoms with Crippen LogP contribution in [0.3, 0.4) is 0 Å². The average molecular weight is 400 g/mol. The highest BCUT2D eigenvalue weighted by Crippen LogP contribution is 2.32. The molecule has 146 valence electrons. The van der Waals surface area contributed by atoms with Crippen molar-refractivity contribution in [3.63, 3.8) is 0 Å². The van der Waals surface area contributed by atoms with Gasteiger partial charge in [-0.25, -0.2) is 0 Å². The number of para-hydroxylation sites is 1. The number of ketones is 1. The average Bonchev–Trinajstić information content (AvgIpc) is 3.01. The van der Waals surface area contributed by atoms with E-state index in [-0.39, 0.29) is 30.6 Å². The third-order valence-corrected chi connectivity index (χ3v) is 5.08. The Hall–Kier alpha value is -2.66. The van der Waals surface area contributed by atoms with Gasteiger partial charge in [-0.05, 0) is 56.2 Å². The first-order chi connectivity index (χ1) is 13.4. The molecule has 6 heteroatoms. The lowest BCUT2D eigenvalue weighted by Crippen LogP contribution is -2.43. The minimum Gasteiger partial charge on any atom is -0.453 e. The molecule has 1 heterocycles. The van der Waals surface area contributed by atoms with Gasteiger partial charge in [0.25, 0.3) is 5.91 Å². The molecule has 0 aliphatic carbocycles. The fourth-order valence-electron chi connectivity index (χ4n) is 3.40. The van der Waals surface area contributed by atoms with Gasteiger partial charge < -0.3 is 9.64 Å². The first kappa shape index (κ1) is 20.1. The first-order valence-electron chi connectivity index (χ1n) is 9.26. The van der Waals surface area contributed by atoms with E-state index in [1.807, 2.05) is 31.2 Å². The molecule has 0 spiro atoms. The van der Waals surface area contributed by atoms with E-state index in [0.29, 0.717) is 10.6 Å². The smallest absolute Gasteiger partial charge is 0.307 e. The number of nitrogens with zero attached hydrogens (tertiary/aromatic N) is 1. The van der Waals surface area contributed by atoms with Crippen LogP contribution < -0.4 is 4.90 Å². The van der Waals surface area contributed by atoms with Crippen molar-refractivity contribution in [3.05, 3.63) is 64.7 Å². The van der Waals surface area contributed by atoms with Gasteiger partial charge in [0.1, 0.15) is 0 Å². The summed E-state index contributed by atoms with van der Waals surface area (Å²) in [6.07, 6.45) is -0.194. The molecule has 2 aromatic carbocycles. The highest BCUT2D eigenvalue weighted by molar-refractivity contribution is 6.30. The molecular weight excluding hydrogens is 378 g/mol. The van der Waals surface area contributed by atoms with Crippen LogP contribution in [0.4, 0.5) is 5.69 Å². The Bertz CT molecular complexity index is 894. The Morgan fingerprint density at radius 1 is 1.11 bits per heavy atom. The number of halogens is 1. The van der Waals surface area contributed by atoms with Crippen LogP contribution in [0.15, 0.2) is 48.5 Å². The van der Waals surface area contributed by atoms with E-state index < -0.39 is 12.1 Å². The van der Waals surface area contributed by atoms with E-state index in [4.69, 9.17) is 16.3 Å². The molecule has 0 saturated carbocycles. The number of carbonyl (C=O) groups excluding carboxylic acids is 3. The number of ether oxygens (including phenoxy) is 1. The number of esters is 1. The van der Waals surface area contributed by atoms with Gasteiger partial charge >= 0.3 is 5.97 Å². The molecule has 0 unspecified atom stereocenters. The minimum atomic E-state index is -0.910. The largest absolute Gasteiger partial charge is 0.453 e. The Balaban J connectivity index is 1.55. The molecule has 2 atom stereocenters. The molecule has 0 radical (unpaired) electrons. The maximum absolute atomic E-state index is 12.8. The van der Waals surface area contributed by atoms with Gasteiger partial charge in [0.2, 0.25) is 0 Å². The summed E-state index contributed by atoms with van der Waals surface area (Å²) in [5.74, 6) is -0.993. The number of carbonyl (C=O) groups is 3. The molecule has 0 bridgehead atoms. The highest BCUT2D eigenvalue weighted by Gasteiger charge is 2.34. The van der Waals surface area contributed by atoms with Crippen molar-refractivity contribution in [2.24, 2.45) is 0 Å². The zero-order valence-electron chi connectivity index (χ0n) is 15.9. The third-order valence-electron chi connectivity index (χ3n) is 4.82. The Morgan fingerprint density at radius 3 is 2.50 bits per heavy atom. The van der Waals surface area contributed by atoms with Crippen molar-refractivity contribution < 1.29 is 19.1 Å². The zero-order valence-corrected chi connectivity index (χ0v) is 16.6. The fraction of sp³-hybridized carbons (Fsp3) is 0.318. The second-order valence-corrected chi connectivity index (χ2v) is 7.39. The van der Waals surface area contributed by atoms with Crippen molar-refractivity contribution in [3.8, 4) is 0 Å². The predicted molar refractivity (Wildman–Crippen MR) is 108 cm³/mol.